The third-order valence-corrected chi connectivity index (χ3v) is 5.21. The van der Waals surface area contributed by atoms with Crippen molar-refractivity contribution in [2.24, 2.45) is 5.92 Å². The van der Waals surface area contributed by atoms with Crippen molar-refractivity contribution in [1.82, 2.24) is 15.2 Å². The fourth-order valence-electron chi connectivity index (χ4n) is 2.98. The number of piperidine rings is 1. The number of amides is 2. The van der Waals surface area contributed by atoms with Crippen LogP contribution in [0.5, 0.6) is 0 Å². The minimum Gasteiger partial charge on any atom is -0.349 e. The zero-order valence-corrected chi connectivity index (χ0v) is 14.5. The summed E-state index contributed by atoms with van der Waals surface area (Å²) in [6.45, 7) is 3.16. The van der Waals surface area contributed by atoms with Gasteiger partial charge in [0.2, 0.25) is 5.91 Å². The van der Waals surface area contributed by atoms with Gasteiger partial charge in [0.05, 0.1) is 16.8 Å². The minimum atomic E-state index is -0.151. The third kappa shape index (κ3) is 3.82. The first-order valence-corrected chi connectivity index (χ1v) is 9.06. The summed E-state index contributed by atoms with van der Waals surface area (Å²) in [6, 6.07) is 7.43. The Bertz CT molecular complexity index is 688. The Morgan fingerprint density at radius 2 is 2.25 bits per heavy atom. The van der Waals surface area contributed by atoms with Crippen LogP contribution in [0.15, 0.2) is 42.0 Å². The van der Waals surface area contributed by atoms with Crippen molar-refractivity contribution in [3.8, 4) is 0 Å². The van der Waals surface area contributed by atoms with Crippen LogP contribution < -0.4 is 5.32 Å². The second-order valence-electron chi connectivity index (χ2n) is 6.08. The zero-order chi connectivity index (χ0) is 16.9. The molecule has 3 rings (SSSR count). The topological polar surface area (TPSA) is 62.3 Å². The average Bonchev–Trinajstić information content (AvgIpc) is 3.16. The van der Waals surface area contributed by atoms with E-state index >= 15 is 0 Å². The highest BCUT2D eigenvalue weighted by molar-refractivity contribution is 7.12. The maximum atomic E-state index is 12.6. The van der Waals surface area contributed by atoms with E-state index in [1.807, 2.05) is 36.6 Å². The van der Waals surface area contributed by atoms with E-state index < -0.39 is 0 Å². The second-order valence-corrected chi connectivity index (χ2v) is 7.03. The lowest BCUT2D eigenvalue weighted by Gasteiger charge is -2.32. The van der Waals surface area contributed by atoms with E-state index in [0.29, 0.717) is 6.54 Å². The van der Waals surface area contributed by atoms with Crippen LogP contribution in [0.1, 0.15) is 41.0 Å². The van der Waals surface area contributed by atoms with Crippen LogP contribution in [0, 0.1) is 5.92 Å². The molecule has 5 nitrogen and oxygen atoms in total. The molecule has 0 radical (unpaired) electrons. The van der Waals surface area contributed by atoms with Gasteiger partial charge in [0.1, 0.15) is 0 Å². The molecule has 0 aliphatic carbocycles. The average molecular weight is 343 g/mol. The molecular formula is C18H21N3O2S. The number of hydrogen-bond acceptors (Lipinski definition) is 4. The van der Waals surface area contributed by atoms with Crippen molar-refractivity contribution in [2.45, 2.75) is 25.8 Å². The molecule has 2 amide bonds. The Kier molecular flexibility index (Phi) is 5.25. The van der Waals surface area contributed by atoms with Crippen molar-refractivity contribution in [3.05, 3.63) is 52.5 Å². The number of aromatic nitrogens is 1. The van der Waals surface area contributed by atoms with Crippen molar-refractivity contribution >= 4 is 23.2 Å². The van der Waals surface area contributed by atoms with Gasteiger partial charge in [-0.3, -0.25) is 14.6 Å². The number of carbonyl (C=O) groups is 2. The summed E-state index contributed by atoms with van der Waals surface area (Å²) in [6.07, 6.45) is 5.15. The van der Waals surface area contributed by atoms with E-state index in [4.69, 9.17) is 0 Å². The van der Waals surface area contributed by atoms with Crippen molar-refractivity contribution in [2.75, 3.05) is 13.1 Å². The highest BCUT2D eigenvalue weighted by Gasteiger charge is 2.29. The van der Waals surface area contributed by atoms with E-state index in [-0.39, 0.29) is 23.8 Å². The van der Waals surface area contributed by atoms with Gasteiger partial charge < -0.3 is 10.2 Å². The van der Waals surface area contributed by atoms with Gasteiger partial charge in [0.25, 0.3) is 5.91 Å². The molecule has 1 aliphatic heterocycles. The Balaban J connectivity index is 1.60. The first-order valence-electron chi connectivity index (χ1n) is 8.18. The van der Waals surface area contributed by atoms with Crippen LogP contribution in [-0.4, -0.2) is 34.8 Å². The van der Waals surface area contributed by atoms with Gasteiger partial charge >= 0.3 is 0 Å². The molecule has 0 spiro atoms. The molecule has 0 bridgehead atoms. The number of pyridine rings is 1. The number of hydrogen-bond donors (Lipinski definition) is 1. The van der Waals surface area contributed by atoms with E-state index in [0.717, 1.165) is 29.8 Å². The number of rotatable bonds is 4. The van der Waals surface area contributed by atoms with Crippen molar-refractivity contribution in [3.63, 3.8) is 0 Å². The van der Waals surface area contributed by atoms with Gasteiger partial charge in [-0.15, -0.1) is 11.3 Å². The summed E-state index contributed by atoms with van der Waals surface area (Å²) in [5, 5.41) is 4.95. The Morgan fingerprint density at radius 1 is 1.38 bits per heavy atom. The van der Waals surface area contributed by atoms with Gasteiger partial charge in [0.15, 0.2) is 0 Å². The molecule has 1 N–H and O–H groups in total. The van der Waals surface area contributed by atoms with E-state index in [1.54, 1.807) is 17.3 Å². The SMILES string of the molecule is C[C@@H](NC(=O)[C@H]1CCCN(C(=O)c2cccs2)C1)c1cccnc1. The van der Waals surface area contributed by atoms with Gasteiger partial charge in [-0.05, 0) is 42.8 Å². The zero-order valence-electron chi connectivity index (χ0n) is 13.6. The number of thiophene rings is 1. The van der Waals surface area contributed by atoms with Crippen LogP contribution >= 0.6 is 11.3 Å². The van der Waals surface area contributed by atoms with Gasteiger partial charge in [0, 0.05) is 25.5 Å². The lowest BCUT2D eigenvalue weighted by Crippen LogP contribution is -2.45. The molecule has 1 aliphatic rings. The molecule has 126 valence electrons. The summed E-state index contributed by atoms with van der Waals surface area (Å²) in [5.41, 5.74) is 0.980. The molecular weight excluding hydrogens is 322 g/mol. The molecule has 6 heteroatoms. The van der Waals surface area contributed by atoms with E-state index in [1.165, 1.54) is 11.3 Å². The van der Waals surface area contributed by atoms with Crippen LogP contribution in [0.25, 0.3) is 0 Å². The number of nitrogens with one attached hydrogen (secondary N) is 1. The molecule has 24 heavy (non-hydrogen) atoms. The number of nitrogens with zero attached hydrogens (tertiary/aromatic N) is 2. The molecule has 1 saturated heterocycles. The van der Waals surface area contributed by atoms with E-state index in [9.17, 15) is 9.59 Å². The first-order chi connectivity index (χ1) is 11.6. The standard InChI is InChI=1S/C18H21N3O2S/c1-13(14-5-2-8-19-11-14)20-17(22)15-6-3-9-21(12-15)18(23)16-7-4-10-24-16/h2,4-5,7-8,10-11,13,15H,3,6,9,12H2,1H3,(H,20,22)/t13-,15+/m1/s1. The Morgan fingerprint density at radius 3 is 2.96 bits per heavy atom. The summed E-state index contributed by atoms with van der Waals surface area (Å²) < 4.78 is 0. The Labute approximate surface area is 145 Å². The maximum Gasteiger partial charge on any atom is 0.263 e. The maximum absolute atomic E-state index is 12.6. The molecule has 1 fully saturated rings. The predicted octanol–water partition coefficient (Wildman–Crippen LogP) is 2.87. The fourth-order valence-corrected chi connectivity index (χ4v) is 3.67. The highest BCUT2D eigenvalue weighted by atomic mass is 32.1. The molecule has 2 atom stereocenters. The summed E-state index contributed by atoms with van der Waals surface area (Å²) in [5.74, 6) is -0.111. The van der Waals surface area contributed by atoms with Crippen LogP contribution in [-0.2, 0) is 4.79 Å². The number of carbonyl (C=O) groups excluding carboxylic acids is 2. The van der Waals surface area contributed by atoms with E-state index in [2.05, 4.69) is 10.3 Å². The first kappa shape index (κ1) is 16.6. The van der Waals surface area contributed by atoms with Gasteiger partial charge in [-0.2, -0.15) is 0 Å². The summed E-state index contributed by atoms with van der Waals surface area (Å²) in [4.78, 5) is 31.7. The molecule has 3 heterocycles. The molecule has 2 aromatic heterocycles. The molecule has 0 saturated carbocycles. The monoisotopic (exact) mass is 343 g/mol. The molecule has 0 aromatic carbocycles. The second kappa shape index (κ2) is 7.57. The quantitative estimate of drug-likeness (QED) is 0.928. The van der Waals surface area contributed by atoms with Gasteiger partial charge in [-0.1, -0.05) is 12.1 Å². The molecule has 2 aromatic rings. The lowest BCUT2D eigenvalue weighted by molar-refractivity contribution is -0.127. The van der Waals surface area contributed by atoms with Crippen molar-refractivity contribution in [1.29, 1.82) is 0 Å². The Hall–Kier alpha value is -2.21. The van der Waals surface area contributed by atoms with Crippen LogP contribution in [0.3, 0.4) is 0 Å². The van der Waals surface area contributed by atoms with Crippen LogP contribution in [0.4, 0.5) is 0 Å². The van der Waals surface area contributed by atoms with Crippen molar-refractivity contribution < 1.29 is 9.59 Å². The largest absolute Gasteiger partial charge is 0.349 e. The minimum absolute atomic E-state index is 0.00929. The highest BCUT2D eigenvalue weighted by Crippen LogP contribution is 2.21. The van der Waals surface area contributed by atoms with Gasteiger partial charge in [-0.25, -0.2) is 0 Å². The third-order valence-electron chi connectivity index (χ3n) is 4.35. The summed E-state index contributed by atoms with van der Waals surface area (Å²) >= 11 is 1.44. The summed E-state index contributed by atoms with van der Waals surface area (Å²) in [7, 11) is 0. The predicted molar refractivity (Wildman–Crippen MR) is 93.7 cm³/mol. The molecule has 0 unspecified atom stereocenters. The normalized spacial score (nSPS) is 18.9. The van der Waals surface area contributed by atoms with Crippen LogP contribution in [0.2, 0.25) is 0 Å². The lowest BCUT2D eigenvalue weighted by atomic mass is 9.96. The smallest absolute Gasteiger partial charge is 0.263 e. The number of likely N-dealkylation sites (tertiary alicyclic amines) is 1. The fraction of sp³-hybridized carbons (Fsp3) is 0.389.